The van der Waals surface area contributed by atoms with Crippen LogP contribution in [0.15, 0.2) is 6.07 Å². The molecule has 8 heteroatoms. The van der Waals surface area contributed by atoms with Crippen LogP contribution >= 0.6 is 0 Å². The van der Waals surface area contributed by atoms with Crippen molar-refractivity contribution in [3.63, 3.8) is 0 Å². The first kappa shape index (κ1) is 14.1. The first-order valence-electron chi connectivity index (χ1n) is 4.88. The lowest BCUT2D eigenvalue weighted by molar-refractivity contribution is -0.276. The smallest absolute Gasteiger partial charge is 0.505 e. The van der Waals surface area contributed by atoms with Crippen LogP contribution in [0, 0.1) is 6.92 Å². The Morgan fingerprint density at radius 3 is 2.61 bits per heavy atom. The van der Waals surface area contributed by atoms with Crippen molar-refractivity contribution in [2.75, 3.05) is 6.61 Å². The summed E-state index contributed by atoms with van der Waals surface area (Å²) in [4.78, 5) is 14.8. The van der Waals surface area contributed by atoms with Crippen molar-refractivity contribution in [3.8, 4) is 11.6 Å². The van der Waals surface area contributed by atoms with Crippen LogP contribution in [0.3, 0.4) is 0 Å². The quantitative estimate of drug-likeness (QED) is 0.848. The van der Waals surface area contributed by atoms with Gasteiger partial charge in [-0.1, -0.05) is 0 Å². The number of hydrogen-bond acceptors (Lipinski definition) is 5. The van der Waals surface area contributed by atoms with E-state index in [2.05, 4.69) is 14.5 Å². The van der Waals surface area contributed by atoms with Crippen LogP contribution in [-0.2, 0) is 4.74 Å². The zero-order valence-electron chi connectivity index (χ0n) is 9.54. The molecule has 1 N–H and O–H groups in total. The number of aryl methyl sites for hydroxylation is 1. The van der Waals surface area contributed by atoms with Crippen LogP contribution < -0.4 is 4.74 Å². The molecule has 100 valence electrons. The number of pyridine rings is 1. The summed E-state index contributed by atoms with van der Waals surface area (Å²) in [5, 5.41) is 9.52. The van der Waals surface area contributed by atoms with Gasteiger partial charge in [0, 0.05) is 6.07 Å². The Hall–Kier alpha value is -1.99. The van der Waals surface area contributed by atoms with Crippen molar-refractivity contribution in [3.05, 3.63) is 17.3 Å². The van der Waals surface area contributed by atoms with Crippen LogP contribution in [0.2, 0.25) is 0 Å². The highest BCUT2D eigenvalue weighted by Crippen LogP contribution is 2.28. The van der Waals surface area contributed by atoms with Gasteiger partial charge in [0.15, 0.2) is 5.75 Å². The molecule has 18 heavy (non-hydrogen) atoms. The van der Waals surface area contributed by atoms with Gasteiger partial charge in [-0.3, -0.25) is 0 Å². The summed E-state index contributed by atoms with van der Waals surface area (Å²) in [6.45, 7) is 2.78. The maximum atomic E-state index is 12.0. The summed E-state index contributed by atoms with van der Waals surface area (Å²) in [5.74, 6) is -2.32. The zero-order valence-corrected chi connectivity index (χ0v) is 9.54. The van der Waals surface area contributed by atoms with Crippen molar-refractivity contribution in [2.24, 2.45) is 0 Å². The molecule has 0 saturated carbocycles. The van der Waals surface area contributed by atoms with Gasteiger partial charge in [0.05, 0.1) is 12.3 Å². The van der Waals surface area contributed by atoms with Crippen molar-refractivity contribution < 1.29 is 32.5 Å². The van der Waals surface area contributed by atoms with Gasteiger partial charge in [-0.15, -0.1) is 13.2 Å². The summed E-state index contributed by atoms with van der Waals surface area (Å²) in [7, 11) is 0. The number of aromatic nitrogens is 1. The number of ether oxygens (including phenoxy) is 2. The van der Waals surface area contributed by atoms with Gasteiger partial charge in [-0.05, 0) is 13.8 Å². The van der Waals surface area contributed by atoms with Gasteiger partial charge in [0.2, 0.25) is 5.88 Å². The minimum absolute atomic E-state index is 0.0229. The highest BCUT2D eigenvalue weighted by atomic mass is 19.4. The summed E-state index contributed by atoms with van der Waals surface area (Å²) < 4.78 is 44.2. The first-order valence-corrected chi connectivity index (χ1v) is 4.88. The molecule has 5 nitrogen and oxygen atoms in total. The minimum atomic E-state index is -4.93. The van der Waals surface area contributed by atoms with E-state index >= 15 is 0 Å². The van der Waals surface area contributed by atoms with E-state index in [0.717, 1.165) is 0 Å². The number of carbonyl (C=O) groups is 1. The molecule has 0 spiro atoms. The second-order valence-corrected chi connectivity index (χ2v) is 3.21. The molecule has 0 fully saturated rings. The zero-order chi connectivity index (χ0) is 13.9. The van der Waals surface area contributed by atoms with E-state index in [0.29, 0.717) is 6.07 Å². The lowest BCUT2D eigenvalue weighted by atomic mass is 10.2. The van der Waals surface area contributed by atoms with Gasteiger partial charge in [0.1, 0.15) is 5.56 Å². The van der Waals surface area contributed by atoms with Crippen LogP contribution in [0.1, 0.15) is 23.0 Å². The largest absolute Gasteiger partial charge is 0.574 e. The molecule has 0 bridgehead atoms. The molecule has 0 unspecified atom stereocenters. The molecule has 0 radical (unpaired) electrons. The average molecular weight is 265 g/mol. The van der Waals surface area contributed by atoms with E-state index in [9.17, 15) is 23.1 Å². The Bertz CT molecular complexity index is 459. The molecular weight excluding hydrogens is 255 g/mol. The normalized spacial score (nSPS) is 11.2. The van der Waals surface area contributed by atoms with E-state index in [-0.39, 0.29) is 12.3 Å². The van der Waals surface area contributed by atoms with E-state index in [1.54, 1.807) is 0 Å². The number of nitrogens with zero attached hydrogens (tertiary/aromatic N) is 1. The number of aromatic hydroxyl groups is 1. The van der Waals surface area contributed by atoms with Gasteiger partial charge < -0.3 is 14.6 Å². The van der Waals surface area contributed by atoms with E-state index in [1.165, 1.54) is 13.8 Å². The Morgan fingerprint density at radius 2 is 2.11 bits per heavy atom. The molecule has 0 aliphatic heterocycles. The number of esters is 1. The molecular formula is C10H10F3NO4. The van der Waals surface area contributed by atoms with Crippen LogP contribution in [0.4, 0.5) is 13.2 Å². The first-order chi connectivity index (χ1) is 8.24. The lowest BCUT2D eigenvalue weighted by Crippen LogP contribution is -2.19. The van der Waals surface area contributed by atoms with Gasteiger partial charge >= 0.3 is 12.3 Å². The van der Waals surface area contributed by atoms with Crippen molar-refractivity contribution >= 4 is 5.97 Å². The molecule has 0 aliphatic rings. The number of carbonyl (C=O) groups excluding carboxylic acids is 1. The molecule has 1 aromatic rings. The summed E-state index contributed by atoms with van der Waals surface area (Å²) in [6.07, 6.45) is -4.93. The molecule has 1 heterocycles. The standard InChI is InChI=1S/C10H10F3NO4/c1-3-17-9(16)6-4-7(18-10(11,12)13)14-5(2)8(6)15/h4,15H,3H2,1-2H3. The Labute approximate surface area is 100 Å². The van der Waals surface area contributed by atoms with Crippen molar-refractivity contribution in [2.45, 2.75) is 20.2 Å². The summed E-state index contributed by atoms with van der Waals surface area (Å²) >= 11 is 0. The molecule has 1 rings (SSSR count). The Balaban J connectivity index is 3.14. The molecule has 0 saturated heterocycles. The average Bonchev–Trinajstić information content (AvgIpc) is 2.21. The van der Waals surface area contributed by atoms with Crippen LogP contribution in [0.5, 0.6) is 11.6 Å². The van der Waals surface area contributed by atoms with Crippen molar-refractivity contribution in [1.82, 2.24) is 4.98 Å². The third kappa shape index (κ3) is 3.51. The SMILES string of the molecule is CCOC(=O)c1cc(OC(F)(F)F)nc(C)c1O. The monoisotopic (exact) mass is 265 g/mol. The van der Waals surface area contributed by atoms with E-state index in [4.69, 9.17) is 0 Å². The molecule has 1 aromatic heterocycles. The minimum Gasteiger partial charge on any atom is -0.505 e. The second kappa shape index (κ2) is 5.11. The van der Waals surface area contributed by atoms with Crippen LogP contribution in [-0.4, -0.2) is 29.0 Å². The number of hydrogen-bond donors (Lipinski definition) is 1. The van der Waals surface area contributed by atoms with E-state index in [1.807, 2.05) is 0 Å². The molecule has 0 aromatic carbocycles. The maximum Gasteiger partial charge on any atom is 0.574 e. The van der Waals surface area contributed by atoms with Gasteiger partial charge in [-0.2, -0.15) is 0 Å². The Kier molecular flexibility index (Phi) is 4.00. The fourth-order valence-electron chi connectivity index (χ4n) is 1.17. The van der Waals surface area contributed by atoms with E-state index < -0.39 is 29.5 Å². The molecule has 0 amide bonds. The third-order valence-corrected chi connectivity index (χ3v) is 1.86. The highest BCUT2D eigenvalue weighted by molar-refractivity contribution is 5.93. The number of rotatable bonds is 3. The van der Waals surface area contributed by atoms with Crippen LogP contribution in [0.25, 0.3) is 0 Å². The Morgan fingerprint density at radius 1 is 1.50 bits per heavy atom. The lowest BCUT2D eigenvalue weighted by Gasteiger charge is -2.11. The summed E-state index contributed by atoms with van der Waals surface area (Å²) in [6, 6.07) is 0.674. The number of alkyl halides is 3. The fourth-order valence-corrected chi connectivity index (χ4v) is 1.17. The predicted molar refractivity (Wildman–Crippen MR) is 53.3 cm³/mol. The summed E-state index contributed by atoms with van der Waals surface area (Å²) in [5.41, 5.74) is -0.594. The second-order valence-electron chi connectivity index (χ2n) is 3.21. The van der Waals surface area contributed by atoms with Crippen molar-refractivity contribution in [1.29, 1.82) is 0 Å². The topological polar surface area (TPSA) is 68.7 Å². The van der Waals surface area contributed by atoms with Gasteiger partial charge in [0.25, 0.3) is 0 Å². The molecule has 0 atom stereocenters. The number of halogens is 3. The third-order valence-electron chi connectivity index (χ3n) is 1.86. The maximum absolute atomic E-state index is 12.0. The predicted octanol–water partition coefficient (Wildman–Crippen LogP) is 2.17. The van der Waals surface area contributed by atoms with Gasteiger partial charge in [-0.25, -0.2) is 9.78 Å². The highest BCUT2D eigenvalue weighted by Gasteiger charge is 2.32. The fraction of sp³-hybridized carbons (Fsp3) is 0.400. The molecule has 0 aliphatic carbocycles.